The Kier molecular flexibility index (Phi) is 47.2. The highest BCUT2D eigenvalue weighted by atomic mass is 16.7. The summed E-state index contributed by atoms with van der Waals surface area (Å²) in [6.07, 6.45) is 62.2. The first-order chi connectivity index (χ1) is 40.6. The van der Waals surface area contributed by atoms with Crippen molar-refractivity contribution < 1.29 is 64.6 Å². The van der Waals surface area contributed by atoms with Crippen LogP contribution in [0.5, 0.6) is 0 Å². The van der Waals surface area contributed by atoms with E-state index in [1.165, 1.54) is 19.3 Å². The van der Waals surface area contributed by atoms with Crippen molar-refractivity contribution in [3.05, 3.63) is 146 Å². The van der Waals surface area contributed by atoms with E-state index in [4.69, 9.17) is 18.9 Å². The van der Waals surface area contributed by atoms with Gasteiger partial charge in [0.25, 0.3) is 0 Å². The predicted molar refractivity (Wildman–Crippen MR) is 336 cm³/mol. The van der Waals surface area contributed by atoms with Gasteiger partial charge in [0.15, 0.2) is 12.6 Å². The molecular weight excluding hydrogens is 1050 g/mol. The first-order valence-corrected chi connectivity index (χ1v) is 31.6. The molecule has 0 spiro atoms. The summed E-state index contributed by atoms with van der Waals surface area (Å²) >= 11 is 0. The van der Waals surface area contributed by atoms with E-state index in [0.717, 1.165) is 141 Å². The second-order valence-electron chi connectivity index (χ2n) is 21.5. The second kappa shape index (κ2) is 52.2. The summed E-state index contributed by atoms with van der Waals surface area (Å²) in [4.78, 5) is 13.2. The van der Waals surface area contributed by atoms with Crippen molar-refractivity contribution in [3.63, 3.8) is 0 Å². The van der Waals surface area contributed by atoms with Crippen molar-refractivity contribution in [2.75, 3.05) is 19.8 Å². The van der Waals surface area contributed by atoms with E-state index in [0.29, 0.717) is 6.42 Å². The zero-order valence-electron chi connectivity index (χ0n) is 50.6. The van der Waals surface area contributed by atoms with Gasteiger partial charge >= 0.3 is 0 Å². The maximum absolute atomic E-state index is 13.2. The van der Waals surface area contributed by atoms with Crippen molar-refractivity contribution in [1.82, 2.24) is 5.32 Å². The van der Waals surface area contributed by atoms with Gasteiger partial charge in [-0.1, -0.05) is 224 Å². The van der Waals surface area contributed by atoms with Crippen molar-refractivity contribution in [2.24, 2.45) is 0 Å². The summed E-state index contributed by atoms with van der Waals surface area (Å²) in [5, 5.41) is 86.7. The molecule has 14 nitrogen and oxygen atoms in total. The van der Waals surface area contributed by atoms with Crippen LogP contribution in [0.2, 0.25) is 0 Å². The lowest BCUT2D eigenvalue weighted by Crippen LogP contribution is -2.65. The number of aliphatic hydroxyl groups is 8. The maximum Gasteiger partial charge on any atom is 0.220 e. The molecule has 83 heavy (non-hydrogen) atoms. The number of unbranched alkanes of at least 4 members (excludes halogenated alkanes) is 13. The zero-order chi connectivity index (χ0) is 60.2. The lowest BCUT2D eigenvalue weighted by Gasteiger charge is -2.46. The van der Waals surface area contributed by atoms with E-state index in [1.807, 2.05) is 6.08 Å². The molecule has 2 aliphatic heterocycles. The Balaban J connectivity index is 1.59. The third kappa shape index (κ3) is 37.1. The highest BCUT2D eigenvalue weighted by molar-refractivity contribution is 5.76. The van der Waals surface area contributed by atoms with Gasteiger partial charge in [-0.25, -0.2) is 0 Å². The molecule has 2 rings (SSSR count). The van der Waals surface area contributed by atoms with Crippen LogP contribution in [0.3, 0.4) is 0 Å². The van der Waals surface area contributed by atoms with Crippen LogP contribution in [-0.4, -0.2) is 140 Å². The van der Waals surface area contributed by atoms with Gasteiger partial charge in [0.1, 0.15) is 48.8 Å². The van der Waals surface area contributed by atoms with Crippen LogP contribution in [0.25, 0.3) is 0 Å². The van der Waals surface area contributed by atoms with Gasteiger partial charge in [-0.05, 0) is 103 Å². The highest BCUT2D eigenvalue weighted by Gasteiger charge is 2.51. The van der Waals surface area contributed by atoms with Gasteiger partial charge < -0.3 is 65.1 Å². The summed E-state index contributed by atoms with van der Waals surface area (Å²) in [5.74, 6) is -0.261. The minimum Gasteiger partial charge on any atom is -0.394 e. The van der Waals surface area contributed by atoms with Crippen LogP contribution in [-0.2, 0) is 23.7 Å². The molecule has 2 heterocycles. The maximum atomic E-state index is 13.2. The minimum atomic E-state index is -1.79. The number of rotatable bonds is 48. The Morgan fingerprint density at radius 3 is 1.28 bits per heavy atom. The first-order valence-electron chi connectivity index (χ1n) is 31.6. The van der Waals surface area contributed by atoms with Crippen LogP contribution < -0.4 is 5.32 Å². The van der Waals surface area contributed by atoms with E-state index in [2.05, 4.69) is 153 Å². The fraction of sp³-hybridized carbons (Fsp3) is 0.638. The summed E-state index contributed by atoms with van der Waals surface area (Å²) < 4.78 is 22.7. The highest BCUT2D eigenvalue weighted by Crippen LogP contribution is 2.30. The SMILES string of the molecule is CC/C=C\C/C=C\C/C=C\C/C=C\C/C=C\C/C=C\C/C=C\C/C=C\C/C=C\C/C=C\C/C=C\CCCCCCCCCC(=O)NC(COC1OC(CO)C(OC2OC(CO)C(O)C(O)C2O)C(O)C1O)C(O)/C=C/CCCCCCCC. The number of nitrogens with one attached hydrogen (secondary N) is 1. The molecule has 0 aromatic carbocycles. The average Bonchev–Trinajstić information content (AvgIpc) is 3.45. The van der Waals surface area contributed by atoms with Gasteiger partial charge in [0, 0.05) is 6.42 Å². The van der Waals surface area contributed by atoms with Crippen molar-refractivity contribution in [2.45, 2.75) is 261 Å². The lowest BCUT2D eigenvalue weighted by atomic mass is 9.97. The third-order valence-corrected chi connectivity index (χ3v) is 14.3. The Hall–Kier alpha value is -4.13. The third-order valence-electron chi connectivity index (χ3n) is 14.3. The summed E-state index contributed by atoms with van der Waals surface area (Å²) in [6.45, 7) is 2.59. The van der Waals surface area contributed by atoms with E-state index < -0.39 is 86.8 Å². The first kappa shape index (κ1) is 75.0. The normalized spacial score (nSPS) is 24.8. The molecule has 12 unspecified atom stereocenters. The van der Waals surface area contributed by atoms with Crippen LogP contribution in [0.15, 0.2) is 146 Å². The predicted octanol–water partition coefficient (Wildman–Crippen LogP) is 11.7. The van der Waals surface area contributed by atoms with Crippen LogP contribution in [0.4, 0.5) is 0 Å². The Labute approximate surface area is 500 Å². The molecule has 0 bridgehead atoms. The average molecular weight is 1160 g/mol. The minimum absolute atomic E-state index is 0.258. The smallest absolute Gasteiger partial charge is 0.220 e. The fourth-order valence-electron chi connectivity index (χ4n) is 9.23. The van der Waals surface area contributed by atoms with Crippen molar-refractivity contribution in [1.29, 1.82) is 0 Å². The number of carbonyl (C=O) groups is 1. The molecule has 0 saturated carbocycles. The van der Waals surface area contributed by atoms with Crippen LogP contribution in [0.1, 0.15) is 187 Å². The van der Waals surface area contributed by atoms with Gasteiger partial charge in [-0.2, -0.15) is 0 Å². The molecule has 0 aliphatic carbocycles. The summed E-state index contributed by atoms with van der Waals surface area (Å²) in [5.41, 5.74) is 0. The Morgan fingerprint density at radius 1 is 0.446 bits per heavy atom. The molecular formula is C69H111NO13. The molecule has 2 saturated heterocycles. The van der Waals surface area contributed by atoms with Gasteiger partial charge in [0.2, 0.25) is 5.91 Å². The number of ether oxygens (including phenoxy) is 4. The van der Waals surface area contributed by atoms with E-state index in [-0.39, 0.29) is 18.9 Å². The van der Waals surface area contributed by atoms with Gasteiger partial charge in [-0.15, -0.1) is 0 Å². The van der Waals surface area contributed by atoms with Crippen molar-refractivity contribution >= 4 is 5.91 Å². The molecule has 14 heteroatoms. The van der Waals surface area contributed by atoms with E-state index in [1.54, 1.807) is 6.08 Å². The number of carbonyl (C=O) groups excluding carboxylic acids is 1. The fourth-order valence-corrected chi connectivity index (χ4v) is 9.23. The quantitative estimate of drug-likeness (QED) is 0.0204. The molecule has 12 atom stereocenters. The zero-order valence-corrected chi connectivity index (χ0v) is 50.6. The monoisotopic (exact) mass is 1160 g/mol. The number of allylic oxidation sites excluding steroid dienone is 23. The largest absolute Gasteiger partial charge is 0.394 e. The number of amides is 1. The molecule has 0 aromatic heterocycles. The topological polar surface area (TPSA) is 228 Å². The molecule has 470 valence electrons. The summed E-state index contributed by atoms with van der Waals surface area (Å²) in [7, 11) is 0. The molecule has 0 aromatic rings. The van der Waals surface area contributed by atoms with E-state index >= 15 is 0 Å². The molecule has 2 aliphatic rings. The second-order valence-corrected chi connectivity index (χ2v) is 21.5. The Bertz CT molecular complexity index is 1950. The lowest BCUT2D eigenvalue weighted by molar-refractivity contribution is -0.359. The molecule has 2 fully saturated rings. The standard InChI is InChI=1S/C69H111NO13/c1-3-5-7-9-11-13-14-15-16-17-18-19-20-21-22-23-24-25-26-27-28-29-30-31-32-33-34-35-36-37-38-39-40-41-42-43-44-45-47-49-51-53-61(74)70-57(58(73)52-50-48-46-12-10-8-6-4-2)56-80-68-66(79)64(77)67(60(55-72)82-68)83-69-65(78)63(76)62(75)59(54-71)81-69/h5,7,11,13,15-16,18-19,21-22,24-25,27-28,30-31,33-34,36-37,39-40,50,52,57-60,62-69,71-73,75-79H,3-4,6,8-10,12,14,17,20,23,26,29,32,35,38,41-49,51,53-56H2,1-2H3,(H,70,74)/b7-5-,13-11-,16-15-,19-18-,22-21-,25-24-,28-27-,31-30-,34-33-,37-36-,40-39-,52-50+. The van der Waals surface area contributed by atoms with Crippen LogP contribution in [0, 0.1) is 0 Å². The molecule has 0 radical (unpaired) electrons. The molecule has 9 N–H and O–H groups in total. The number of hydrogen-bond acceptors (Lipinski definition) is 13. The Morgan fingerprint density at radius 2 is 0.831 bits per heavy atom. The number of aliphatic hydroxyl groups excluding tert-OH is 8. The molecule has 1 amide bonds. The van der Waals surface area contributed by atoms with Gasteiger partial charge in [0.05, 0.1) is 32.0 Å². The summed E-state index contributed by atoms with van der Waals surface area (Å²) in [6, 6.07) is -0.928. The van der Waals surface area contributed by atoms with Crippen molar-refractivity contribution in [3.8, 4) is 0 Å². The van der Waals surface area contributed by atoms with Gasteiger partial charge in [-0.3, -0.25) is 4.79 Å². The van der Waals surface area contributed by atoms with E-state index in [9.17, 15) is 45.6 Å². The number of hydrogen-bond donors (Lipinski definition) is 9. The van der Waals surface area contributed by atoms with Crippen LogP contribution >= 0.6 is 0 Å².